The first kappa shape index (κ1) is 13.0. The molecule has 0 aromatic heterocycles. The lowest BCUT2D eigenvalue weighted by molar-refractivity contribution is -0.137. The summed E-state index contributed by atoms with van der Waals surface area (Å²) in [6, 6.07) is -0.0880. The van der Waals surface area contributed by atoms with Crippen molar-refractivity contribution in [3.05, 3.63) is 0 Å². The lowest BCUT2D eigenvalue weighted by Gasteiger charge is -2.19. The van der Waals surface area contributed by atoms with Crippen LogP contribution in [-0.4, -0.2) is 61.4 Å². The highest BCUT2D eigenvalue weighted by atomic mass is 16.2. The fourth-order valence-electron chi connectivity index (χ4n) is 1.71. The second-order valence-electron chi connectivity index (χ2n) is 4.34. The largest absolute Gasteiger partial charge is 0.347 e. The van der Waals surface area contributed by atoms with Crippen LogP contribution in [0.5, 0.6) is 0 Å². The first-order valence-electron chi connectivity index (χ1n) is 5.78. The minimum atomic E-state index is -0.0880. The van der Waals surface area contributed by atoms with E-state index in [-0.39, 0.29) is 24.4 Å². The van der Waals surface area contributed by atoms with Gasteiger partial charge in [-0.3, -0.25) is 9.59 Å². The molecule has 0 aliphatic carbocycles. The number of carbonyl (C=O) groups is 2. The number of likely N-dealkylation sites (N-methyl/N-ethyl adjacent to an activating group) is 1. The Hall–Kier alpha value is -1.10. The minimum absolute atomic E-state index is 0.0236. The molecule has 0 spiro atoms. The summed E-state index contributed by atoms with van der Waals surface area (Å²) >= 11 is 0. The molecule has 5 nitrogen and oxygen atoms in total. The van der Waals surface area contributed by atoms with Crippen molar-refractivity contribution >= 4 is 11.8 Å². The van der Waals surface area contributed by atoms with Gasteiger partial charge >= 0.3 is 0 Å². The molecule has 92 valence electrons. The molecule has 1 aliphatic rings. The van der Waals surface area contributed by atoms with E-state index < -0.39 is 0 Å². The predicted octanol–water partition coefficient (Wildman–Crippen LogP) is -0.325. The van der Waals surface area contributed by atoms with Crippen LogP contribution in [0.3, 0.4) is 0 Å². The van der Waals surface area contributed by atoms with Crippen LogP contribution in [-0.2, 0) is 9.59 Å². The van der Waals surface area contributed by atoms with E-state index in [9.17, 15) is 9.59 Å². The second-order valence-corrected chi connectivity index (χ2v) is 4.34. The molecular formula is C11H21N3O2. The first-order chi connectivity index (χ1) is 7.56. The average Bonchev–Trinajstić information content (AvgIpc) is 2.57. The van der Waals surface area contributed by atoms with E-state index in [0.29, 0.717) is 6.54 Å². The summed E-state index contributed by atoms with van der Waals surface area (Å²) < 4.78 is 0. The van der Waals surface area contributed by atoms with Gasteiger partial charge in [-0.05, 0) is 19.4 Å². The molecule has 0 saturated carbocycles. The van der Waals surface area contributed by atoms with Gasteiger partial charge in [0.1, 0.15) is 0 Å². The molecule has 1 rings (SSSR count). The maximum Gasteiger partial charge on any atom is 0.241 e. The maximum atomic E-state index is 11.9. The molecule has 0 bridgehead atoms. The zero-order chi connectivity index (χ0) is 12.1. The predicted molar refractivity (Wildman–Crippen MR) is 62.0 cm³/mol. The van der Waals surface area contributed by atoms with Crippen LogP contribution in [0.25, 0.3) is 0 Å². The van der Waals surface area contributed by atoms with Crippen molar-refractivity contribution in [2.75, 3.05) is 33.7 Å². The molecule has 1 aliphatic heterocycles. The summed E-state index contributed by atoms with van der Waals surface area (Å²) in [4.78, 5) is 26.5. The van der Waals surface area contributed by atoms with Crippen LogP contribution in [0, 0.1) is 0 Å². The number of amides is 2. The summed E-state index contributed by atoms with van der Waals surface area (Å²) in [6.45, 7) is 3.81. The molecule has 1 N–H and O–H groups in total. The fraction of sp³-hybridized carbons (Fsp3) is 0.818. The van der Waals surface area contributed by atoms with Gasteiger partial charge in [0, 0.05) is 20.6 Å². The molecule has 1 fully saturated rings. The molecule has 1 unspecified atom stereocenters. The number of nitrogens with zero attached hydrogens (tertiary/aromatic N) is 2. The molecular weight excluding hydrogens is 206 g/mol. The SMILES string of the molecule is CCCNC1CCN(CC(=O)N(C)C)C1=O. The molecule has 0 radical (unpaired) electrons. The Bertz CT molecular complexity index is 266. The van der Waals surface area contributed by atoms with Gasteiger partial charge in [0.15, 0.2) is 0 Å². The normalized spacial score (nSPS) is 20.3. The van der Waals surface area contributed by atoms with Gasteiger partial charge < -0.3 is 15.1 Å². The van der Waals surface area contributed by atoms with Crippen molar-refractivity contribution in [3.63, 3.8) is 0 Å². The Morgan fingerprint density at radius 3 is 2.81 bits per heavy atom. The molecule has 1 atom stereocenters. The van der Waals surface area contributed by atoms with Crippen LogP contribution in [0.4, 0.5) is 0 Å². The first-order valence-corrected chi connectivity index (χ1v) is 5.78. The molecule has 5 heteroatoms. The van der Waals surface area contributed by atoms with Gasteiger partial charge in [-0.15, -0.1) is 0 Å². The summed E-state index contributed by atoms with van der Waals surface area (Å²) in [5.74, 6) is 0.0353. The third-order valence-electron chi connectivity index (χ3n) is 2.76. The van der Waals surface area contributed by atoms with Crippen LogP contribution in [0.2, 0.25) is 0 Å². The van der Waals surface area contributed by atoms with E-state index in [1.54, 1.807) is 19.0 Å². The highest BCUT2D eigenvalue weighted by Gasteiger charge is 2.32. The maximum absolute atomic E-state index is 11.9. The lowest BCUT2D eigenvalue weighted by atomic mass is 10.2. The third kappa shape index (κ3) is 3.20. The van der Waals surface area contributed by atoms with Crippen LogP contribution in [0.1, 0.15) is 19.8 Å². The van der Waals surface area contributed by atoms with Gasteiger partial charge in [0.2, 0.25) is 11.8 Å². The van der Waals surface area contributed by atoms with E-state index in [1.165, 1.54) is 4.90 Å². The minimum Gasteiger partial charge on any atom is -0.347 e. The smallest absolute Gasteiger partial charge is 0.241 e. The highest BCUT2D eigenvalue weighted by Crippen LogP contribution is 2.10. The zero-order valence-electron chi connectivity index (χ0n) is 10.3. The Morgan fingerprint density at radius 2 is 2.25 bits per heavy atom. The van der Waals surface area contributed by atoms with Gasteiger partial charge in [-0.1, -0.05) is 6.92 Å². The van der Waals surface area contributed by atoms with Crippen LogP contribution in [0.15, 0.2) is 0 Å². The van der Waals surface area contributed by atoms with E-state index in [2.05, 4.69) is 12.2 Å². The summed E-state index contributed by atoms with van der Waals surface area (Å²) in [7, 11) is 3.41. The third-order valence-corrected chi connectivity index (χ3v) is 2.76. The summed E-state index contributed by atoms with van der Waals surface area (Å²) in [6.07, 6.45) is 1.82. The van der Waals surface area contributed by atoms with Crippen molar-refractivity contribution in [1.29, 1.82) is 0 Å². The quantitative estimate of drug-likeness (QED) is 0.700. The summed E-state index contributed by atoms with van der Waals surface area (Å²) in [5.41, 5.74) is 0. The molecule has 0 aromatic carbocycles. The van der Waals surface area contributed by atoms with Crippen molar-refractivity contribution in [1.82, 2.24) is 15.1 Å². The van der Waals surface area contributed by atoms with E-state index in [1.807, 2.05) is 0 Å². The lowest BCUT2D eigenvalue weighted by Crippen LogP contribution is -2.42. The van der Waals surface area contributed by atoms with Crippen LogP contribution >= 0.6 is 0 Å². The summed E-state index contributed by atoms with van der Waals surface area (Å²) in [5, 5.41) is 3.20. The standard InChI is InChI=1S/C11H21N3O2/c1-4-6-12-9-5-7-14(11(9)16)8-10(15)13(2)3/h9,12H,4-8H2,1-3H3. The molecule has 2 amide bonds. The Kier molecular flexibility index (Phi) is 4.73. The van der Waals surface area contributed by atoms with Crippen molar-refractivity contribution in [2.45, 2.75) is 25.8 Å². The van der Waals surface area contributed by atoms with E-state index >= 15 is 0 Å². The number of nitrogens with one attached hydrogen (secondary N) is 1. The Balaban J connectivity index is 2.41. The Morgan fingerprint density at radius 1 is 1.56 bits per heavy atom. The van der Waals surface area contributed by atoms with Gasteiger partial charge in [0.05, 0.1) is 12.6 Å². The van der Waals surface area contributed by atoms with E-state index in [0.717, 1.165) is 19.4 Å². The monoisotopic (exact) mass is 227 g/mol. The number of rotatable bonds is 5. The molecule has 16 heavy (non-hydrogen) atoms. The molecule has 0 aromatic rings. The fourth-order valence-corrected chi connectivity index (χ4v) is 1.71. The topological polar surface area (TPSA) is 52.7 Å². The van der Waals surface area contributed by atoms with Crippen molar-refractivity contribution in [2.24, 2.45) is 0 Å². The van der Waals surface area contributed by atoms with Crippen LogP contribution < -0.4 is 5.32 Å². The van der Waals surface area contributed by atoms with Gasteiger partial charge in [-0.25, -0.2) is 0 Å². The molecule has 1 heterocycles. The second kappa shape index (κ2) is 5.84. The number of carbonyl (C=O) groups excluding carboxylic acids is 2. The van der Waals surface area contributed by atoms with Gasteiger partial charge in [-0.2, -0.15) is 0 Å². The van der Waals surface area contributed by atoms with Gasteiger partial charge in [0.25, 0.3) is 0 Å². The van der Waals surface area contributed by atoms with Crippen molar-refractivity contribution < 1.29 is 9.59 Å². The Labute approximate surface area is 96.8 Å². The average molecular weight is 227 g/mol. The number of hydrogen-bond donors (Lipinski definition) is 1. The zero-order valence-corrected chi connectivity index (χ0v) is 10.3. The number of likely N-dealkylation sites (tertiary alicyclic amines) is 1. The van der Waals surface area contributed by atoms with E-state index in [4.69, 9.17) is 0 Å². The molecule has 1 saturated heterocycles. The van der Waals surface area contributed by atoms with Crippen molar-refractivity contribution in [3.8, 4) is 0 Å². The highest BCUT2D eigenvalue weighted by molar-refractivity contribution is 5.88. The number of hydrogen-bond acceptors (Lipinski definition) is 3.